The summed E-state index contributed by atoms with van der Waals surface area (Å²) in [4.78, 5) is 11.6. The molecule has 3 aromatic rings. The van der Waals surface area contributed by atoms with E-state index in [-0.39, 0.29) is 6.54 Å². The third-order valence-corrected chi connectivity index (χ3v) is 4.16. The van der Waals surface area contributed by atoms with Gasteiger partial charge in [0.1, 0.15) is 5.82 Å². The quantitative estimate of drug-likeness (QED) is 0.532. The van der Waals surface area contributed by atoms with Gasteiger partial charge in [-0.25, -0.2) is 9.18 Å². The zero-order chi connectivity index (χ0) is 20.6. The summed E-state index contributed by atoms with van der Waals surface area (Å²) < 4.78 is 18.7. The lowest BCUT2D eigenvalue weighted by atomic mass is 10.1. The fourth-order valence-corrected chi connectivity index (χ4v) is 2.65. The van der Waals surface area contributed by atoms with E-state index in [1.54, 1.807) is 30.3 Å². The van der Waals surface area contributed by atoms with Crippen LogP contribution in [-0.4, -0.2) is 13.1 Å². The molecule has 29 heavy (non-hydrogen) atoms. The lowest BCUT2D eigenvalue weighted by Crippen LogP contribution is -2.02. The molecule has 1 N–H and O–H groups in total. The van der Waals surface area contributed by atoms with Gasteiger partial charge in [0.15, 0.2) is 0 Å². The monoisotopic (exact) mass is 384 g/mol. The van der Waals surface area contributed by atoms with E-state index in [2.05, 4.69) is 17.2 Å². The normalized spacial score (nSPS) is 9.69. The van der Waals surface area contributed by atoms with Gasteiger partial charge in [-0.15, -0.1) is 0 Å². The number of hydrogen-bond acceptors (Lipinski definition) is 4. The number of rotatable bonds is 4. The molecule has 0 amide bonds. The summed E-state index contributed by atoms with van der Waals surface area (Å²) in [6.45, 7) is 0.287. The van der Waals surface area contributed by atoms with Crippen LogP contribution in [0.4, 0.5) is 10.1 Å². The standard InChI is InChI=1S/C24H17FN2O2/c1-29-24(28)20-6-2-4-17(12-20)8-9-18-5-3-7-22(13-18)27-16-21-11-10-19(15-26)14-23(21)25/h2-7,10-14,27H,16H2,1H3. The van der Waals surface area contributed by atoms with Crippen LogP contribution in [0.25, 0.3) is 0 Å². The van der Waals surface area contributed by atoms with Crippen molar-refractivity contribution in [2.24, 2.45) is 0 Å². The molecule has 5 heteroatoms. The van der Waals surface area contributed by atoms with Crippen LogP contribution in [-0.2, 0) is 11.3 Å². The summed E-state index contributed by atoms with van der Waals surface area (Å²) in [7, 11) is 1.34. The maximum Gasteiger partial charge on any atom is 0.337 e. The minimum Gasteiger partial charge on any atom is -0.465 e. The molecule has 142 valence electrons. The van der Waals surface area contributed by atoms with Gasteiger partial charge >= 0.3 is 5.97 Å². The molecule has 0 atom stereocenters. The van der Waals surface area contributed by atoms with Crippen LogP contribution in [0.1, 0.15) is 32.6 Å². The second kappa shape index (κ2) is 9.21. The first-order valence-corrected chi connectivity index (χ1v) is 8.82. The predicted octanol–water partition coefficient (Wildman–Crippen LogP) is 4.50. The minimum absolute atomic E-state index is 0.287. The largest absolute Gasteiger partial charge is 0.465 e. The van der Waals surface area contributed by atoms with Crippen molar-refractivity contribution in [2.45, 2.75) is 6.54 Å². The number of benzene rings is 3. The third kappa shape index (κ3) is 5.22. The Morgan fingerprint density at radius 1 is 1.00 bits per heavy atom. The third-order valence-electron chi connectivity index (χ3n) is 4.16. The van der Waals surface area contributed by atoms with E-state index in [0.29, 0.717) is 22.3 Å². The minimum atomic E-state index is -0.419. The Morgan fingerprint density at radius 2 is 1.72 bits per heavy atom. The second-order valence-electron chi connectivity index (χ2n) is 6.17. The van der Waals surface area contributed by atoms with Crippen LogP contribution >= 0.6 is 0 Å². The van der Waals surface area contributed by atoms with Crippen molar-refractivity contribution in [3.8, 4) is 17.9 Å². The summed E-state index contributed by atoms with van der Waals surface area (Å²) >= 11 is 0. The molecule has 4 nitrogen and oxygen atoms in total. The molecule has 0 aliphatic carbocycles. The molecule has 0 fully saturated rings. The molecule has 3 aromatic carbocycles. The SMILES string of the molecule is COC(=O)c1cccc(C#Cc2cccc(NCc3ccc(C#N)cc3F)c2)c1. The van der Waals surface area contributed by atoms with Crippen molar-refractivity contribution in [3.05, 3.63) is 100 Å². The van der Waals surface area contributed by atoms with Crippen molar-refractivity contribution in [1.82, 2.24) is 0 Å². The Hall–Kier alpha value is -4.09. The van der Waals surface area contributed by atoms with E-state index in [4.69, 9.17) is 10.00 Å². The van der Waals surface area contributed by atoms with Crippen molar-refractivity contribution in [1.29, 1.82) is 5.26 Å². The maximum absolute atomic E-state index is 14.0. The summed E-state index contributed by atoms with van der Waals surface area (Å²) in [5, 5.41) is 12.0. The molecule has 3 rings (SSSR count). The second-order valence-corrected chi connectivity index (χ2v) is 6.17. The number of nitrogens with one attached hydrogen (secondary N) is 1. The number of anilines is 1. The molecule has 0 aromatic heterocycles. The summed E-state index contributed by atoms with van der Waals surface area (Å²) in [5.74, 6) is 5.26. The number of hydrogen-bond donors (Lipinski definition) is 1. The average Bonchev–Trinajstić information content (AvgIpc) is 2.76. The maximum atomic E-state index is 14.0. The van der Waals surface area contributed by atoms with Gasteiger partial charge in [-0.2, -0.15) is 5.26 Å². The Morgan fingerprint density at radius 3 is 2.41 bits per heavy atom. The molecule has 0 aliphatic heterocycles. The van der Waals surface area contributed by atoms with Gasteiger partial charge in [-0.05, 0) is 48.5 Å². The van der Waals surface area contributed by atoms with E-state index in [1.165, 1.54) is 13.2 Å². The average molecular weight is 384 g/mol. The number of halogens is 1. The lowest BCUT2D eigenvalue weighted by Gasteiger charge is -2.08. The number of methoxy groups -OCH3 is 1. The Balaban J connectivity index is 1.72. The first-order valence-electron chi connectivity index (χ1n) is 8.82. The van der Waals surface area contributed by atoms with Gasteiger partial charge in [-0.1, -0.05) is 30.0 Å². The number of ether oxygens (including phenoxy) is 1. The highest BCUT2D eigenvalue weighted by atomic mass is 19.1. The van der Waals surface area contributed by atoms with Gasteiger partial charge in [0.2, 0.25) is 0 Å². The molecule has 0 saturated heterocycles. The zero-order valence-electron chi connectivity index (χ0n) is 15.7. The van der Waals surface area contributed by atoms with Crippen molar-refractivity contribution in [3.63, 3.8) is 0 Å². The number of carbonyl (C=O) groups excluding carboxylic acids is 1. The molecule has 0 bridgehead atoms. The Kier molecular flexibility index (Phi) is 6.25. The van der Waals surface area contributed by atoms with Crippen LogP contribution < -0.4 is 5.32 Å². The van der Waals surface area contributed by atoms with Crippen LogP contribution in [0.2, 0.25) is 0 Å². The molecule has 0 saturated carbocycles. The van der Waals surface area contributed by atoms with Crippen molar-refractivity contribution >= 4 is 11.7 Å². The van der Waals surface area contributed by atoms with Crippen LogP contribution in [0, 0.1) is 29.0 Å². The lowest BCUT2D eigenvalue weighted by molar-refractivity contribution is 0.0600. The topological polar surface area (TPSA) is 62.1 Å². The van der Waals surface area contributed by atoms with E-state index in [0.717, 1.165) is 11.3 Å². The zero-order valence-corrected chi connectivity index (χ0v) is 15.7. The van der Waals surface area contributed by atoms with Crippen molar-refractivity contribution in [2.75, 3.05) is 12.4 Å². The van der Waals surface area contributed by atoms with Gasteiger partial charge in [0.05, 0.1) is 24.3 Å². The molecule has 0 radical (unpaired) electrons. The van der Waals surface area contributed by atoms with E-state index >= 15 is 0 Å². The molecular formula is C24H17FN2O2. The first kappa shape index (κ1) is 19.7. The van der Waals surface area contributed by atoms with Gasteiger partial charge < -0.3 is 10.1 Å². The highest BCUT2D eigenvalue weighted by Crippen LogP contribution is 2.15. The Labute approximate surface area is 168 Å². The van der Waals surface area contributed by atoms with Crippen LogP contribution in [0.3, 0.4) is 0 Å². The van der Waals surface area contributed by atoms with Gasteiger partial charge in [0.25, 0.3) is 0 Å². The van der Waals surface area contributed by atoms with Gasteiger partial charge in [-0.3, -0.25) is 0 Å². The molecule has 0 aliphatic rings. The Bertz CT molecular complexity index is 1150. The van der Waals surface area contributed by atoms with Crippen molar-refractivity contribution < 1.29 is 13.9 Å². The summed E-state index contributed by atoms with van der Waals surface area (Å²) in [6, 6.07) is 20.7. The molecule has 0 spiro atoms. The highest BCUT2D eigenvalue weighted by Gasteiger charge is 2.05. The molecule has 0 heterocycles. The summed E-state index contributed by atoms with van der Waals surface area (Å²) in [5.41, 5.74) is 3.48. The fraction of sp³-hybridized carbons (Fsp3) is 0.0833. The fourth-order valence-electron chi connectivity index (χ4n) is 2.65. The van der Waals surface area contributed by atoms with E-state index in [9.17, 15) is 9.18 Å². The number of esters is 1. The van der Waals surface area contributed by atoms with Gasteiger partial charge in [0, 0.05) is 28.9 Å². The number of carbonyl (C=O) groups is 1. The van der Waals surface area contributed by atoms with E-state index in [1.807, 2.05) is 36.4 Å². The summed E-state index contributed by atoms with van der Waals surface area (Å²) in [6.07, 6.45) is 0. The number of nitrogens with zero attached hydrogens (tertiary/aromatic N) is 1. The molecular weight excluding hydrogens is 367 g/mol. The smallest absolute Gasteiger partial charge is 0.337 e. The van der Waals surface area contributed by atoms with E-state index < -0.39 is 11.8 Å². The van der Waals surface area contributed by atoms with Crippen LogP contribution in [0.5, 0.6) is 0 Å². The predicted molar refractivity (Wildman–Crippen MR) is 109 cm³/mol. The number of nitriles is 1. The highest BCUT2D eigenvalue weighted by molar-refractivity contribution is 5.89. The van der Waals surface area contributed by atoms with Crippen LogP contribution in [0.15, 0.2) is 66.7 Å². The molecule has 0 unspecified atom stereocenters. The first-order chi connectivity index (χ1) is 14.1.